The lowest BCUT2D eigenvalue weighted by Crippen LogP contribution is -2.33. The Morgan fingerprint density at radius 3 is 2.70 bits per heavy atom. The molecule has 0 aromatic carbocycles. The summed E-state index contributed by atoms with van der Waals surface area (Å²) in [5.41, 5.74) is 5.81. The van der Waals surface area contributed by atoms with Crippen LogP contribution in [-0.2, 0) is 16.8 Å². The normalized spacial score (nSPS) is 18.5. The van der Waals surface area contributed by atoms with Crippen molar-refractivity contribution < 1.29 is 4.74 Å². The highest BCUT2D eigenvalue weighted by Gasteiger charge is 2.37. The van der Waals surface area contributed by atoms with Crippen LogP contribution in [0.15, 0.2) is 6.07 Å². The second kappa shape index (κ2) is 5.30. The third-order valence-electron chi connectivity index (χ3n) is 4.28. The zero-order chi connectivity index (χ0) is 14.2. The van der Waals surface area contributed by atoms with Crippen molar-refractivity contribution >= 4 is 27.4 Å². The Labute approximate surface area is 123 Å². The van der Waals surface area contributed by atoms with Gasteiger partial charge in [-0.25, -0.2) is 9.97 Å². The van der Waals surface area contributed by atoms with E-state index in [9.17, 15) is 0 Å². The van der Waals surface area contributed by atoms with E-state index in [1.165, 1.54) is 24.1 Å². The minimum absolute atomic E-state index is 0.336. The van der Waals surface area contributed by atoms with Gasteiger partial charge in [-0.3, -0.25) is 0 Å². The van der Waals surface area contributed by atoms with Crippen LogP contribution in [0.1, 0.15) is 49.7 Å². The quantitative estimate of drug-likeness (QED) is 0.937. The van der Waals surface area contributed by atoms with Gasteiger partial charge in [-0.1, -0.05) is 26.2 Å². The van der Waals surface area contributed by atoms with Crippen molar-refractivity contribution in [3.8, 4) is 0 Å². The van der Waals surface area contributed by atoms with Gasteiger partial charge in [-0.05, 0) is 25.3 Å². The average Bonchev–Trinajstić information content (AvgIpc) is 2.92. The van der Waals surface area contributed by atoms with E-state index < -0.39 is 0 Å². The van der Waals surface area contributed by atoms with Gasteiger partial charge in [0, 0.05) is 12.0 Å². The predicted molar refractivity (Wildman–Crippen MR) is 83.0 cm³/mol. The van der Waals surface area contributed by atoms with E-state index in [-0.39, 0.29) is 5.60 Å². The number of thiophene rings is 1. The van der Waals surface area contributed by atoms with Crippen LogP contribution in [0.3, 0.4) is 0 Å². The van der Waals surface area contributed by atoms with Crippen LogP contribution in [0.5, 0.6) is 0 Å². The Morgan fingerprint density at radius 2 is 2.05 bits per heavy atom. The van der Waals surface area contributed by atoms with E-state index >= 15 is 0 Å². The third kappa shape index (κ3) is 2.19. The molecule has 0 bridgehead atoms. The van der Waals surface area contributed by atoms with Gasteiger partial charge in [0.2, 0.25) is 0 Å². The molecule has 1 saturated carbocycles. The number of ether oxygens (including phenoxy) is 1. The van der Waals surface area contributed by atoms with Crippen LogP contribution in [0, 0.1) is 0 Å². The van der Waals surface area contributed by atoms with Crippen molar-refractivity contribution in [1.29, 1.82) is 0 Å². The molecule has 4 nitrogen and oxygen atoms in total. The van der Waals surface area contributed by atoms with Crippen molar-refractivity contribution in [2.75, 3.05) is 12.8 Å². The Bertz CT molecular complexity index is 617. The van der Waals surface area contributed by atoms with E-state index in [2.05, 4.69) is 18.0 Å². The second-order valence-corrected chi connectivity index (χ2v) is 6.59. The molecule has 20 heavy (non-hydrogen) atoms. The van der Waals surface area contributed by atoms with Gasteiger partial charge in [-0.15, -0.1) is 11.3 Å². The highest BCUT2D eigenvalue weighted by Crippen LogP contribution is 2.40. The summed E-state index contributed by atoms with van der Waals surface area (Å²) in [6, 6.07) is 2.11. The summed E-state index contributed by atoms with van der Waals surface area (Å²) >= 11 is 1.71. The topological polar surface area (TPSA) is 61.0 Å². The number of methoxy groups -OCH3 is 1. The van der Waals surface area contributed by atoms with Gasteiger partial charge >= 0.3 is 0 Å². The summed E-state index contributed by atoms with van der Waals surface area (Å²) < 4.78 is 5.83. The third-order valence-corrected chi connectivity index (χ3v) is 5.45. The number of rotatable bonds is 3. The Kier molecular flexibility index (Phi) is 3.65. The molecule has 0 amide bonds. The van der Waals surface area contributed by atoms with Crippen molar-refractivity contribution in [3.63, 3.8) is 0 Å². The van der Waals surface area contributed by atoms with E-state index in [1.54, 1.807) is 18.4 Å². The first kappa shape index (κ1) is 13.8. The Balaban J connectivity index is 2.10. The molecule has 3 rings (SSSR count). The van der Waals surface area contributed by atoms with Crippen LogP contribution in [0.2, 0.25) is 0 Å². The molecular formula is C15H21N3OS. The lowest BCUT2D eigenvalue weighted by Gasteiger charge is -2.34. The van der Waals surface area contributed by atoms with E-state index in [4.69, 9.17) is 15.5 Å². The summed E-state index contributed by atoms with van der Waals surface area (Å²) in [5.74, 6) is 1.36. The number of nitrogen functional groups attached to an aromatic ring is 1. The summed E-state index contributed by atoms with van der Waals surface area (Å²) in [6.07, 6.45) is 6.58. The average molecular weight is 291 g/mol. The van der Waals surface area contributed by atoms with E-state index in [1.807, 2.05) is 0 Å². The number of aryl methyl sites for hydroxylation is 1. The minimum Gasteiger partial charge on any atom is -0.383 e. The maximum absolute atomic E-state index is 6.15. The maximum Gasteiger partial charge on any atom is 0.164 e. The van der Waals surface area contributed by atoms with Crippen LogP contribution >= 0.6 is 11.3 Å². The van der Waals surface area contributed by atoms with E-state index in [0.29, 0.717) is 5.82 Å². The number of hydrogen-bond donors (Lipinski definition) is 1. The molecule has 1 aliphatic rings. The molecule has 5 heteroatoms. The predicted octanol–water partition coefficient (Wildman–Crippen LogP) is 3.64. The molecular weight excluding hydrogens is 270 g/mol. The molecule has 2 aromatic rings. The first-order chi connectivity index (χ1) is 9.68. The molecule has 0 saturated heterocycles. The van der Waals surface area contributed by atoms with Gasteiger partial charge in [0.15, 0.2) is 5.82 Å². The zero-order valence-electron chi connectivity index (χ0n) is 12.1. The molecule has 0 aliphatic heterocycles. The smallest absolute Gasteiger partial charge is 0.164 e. The molecule has 0 radical (unpaired) electrons. The van der Waals surface area contributed by atoms with Crippen molar-refractivity contribution in [1.82, 2.24) is 9.97 Å². The lowest BCUT2D eigenvalue weighted by molar-refractivity contribution is -0.0511. The number of nitrogens with zero attached hydrogens (tertiary/aromatic N) is 2. The first-order valence-corrected chi connectivity index (χ1v) is 8.12. The van der Waals surface area contributed by atoms with Crippen molar-refractivity contribution in [2.45, 2.75) is 51.0 Å². The Hall–Kier alpha value is -1.20. The molecule has 0 spiro atoms. The standard InChI is InChI=1S/C15H21N3OS/c1-3-10-9-11-12(16)17-14(18-13(11)20-10)15(19-2)7-5-4-6-8-15/h9H,3-8H2,1-2H3,(H2,16,17,18). The number of fused-ring (bicyclic) bond motifs is 1. The summed E-state index contributed by atoms with van der Waals surface area (Å²) in [7, 11) is 1.76. The summed E-state index contributed by atoms with van der Waals surface area (Å²) in [4.78, 5) is 11.6. The Morgan fingerprint density at radius 1 is 1.30 bits per heavy atom. The molecule has 1 fully saturated rings. The van der Waals surface area contributed by atoms with Crippen LogP contribution in [0.25, 0.3) is 10.2 Å². The highest BCUT2D eigenvalue weighted by molar-refractivity contribution is 7.18. The fourth-order valence-corrected chi connectivity index (χ4v) is 3.99. The molecule has 2 N–H and O–H groups in total. The van der Waals surface area contributed by atoms with Gasteiger partial charge in [0.1, 0.15) is 16.2 Å². The molecule has 2 heterocycles. The van der Waals surface area contributed by atoms with Gasteiger partial charge in [0.25, 0.3) is 0 Å². The maximum atomic E-state index is 6.15. The van der Waals surface area contributed by atoms with Gasteiger partial charge < -0.3 is 10.5 Å². The molecule has 0 atom stereocenters. The SMILES string of the molecule is CCc1cc2c(N)nc(C3(OC)CCCCC3)nc2s1. The molecule has 0 unspecified atom stereocenters. The molecule has 108 valence electrons. The summed E-state index contributed by atoms with van der Waals surface area (Å²) in [5, 5.41) is 0.984. The summed E-state index contributed by atoms with van der Waals surface area (Å²) in [6.45, 7) is 2.15. The van der Waals surface area contributed by atoms with Crippen LogP contribution in [0.4, 0.5) is 5.82 Å². The van der Waals surface area contributed by atoms with Crippen LogP contribution in [-0.4, -0.2) is 17.1 Å². The minimum atomic E-state index is -0.336. The monoisotopic (exact) mass is 291 g/mol. The zero-order valence-corrected chi connectivity index (χ0v) is 12.9. The van der Waals surface area contributed by atoms with Gasteiger partial charge in [-0.2, -0.15) is 0 Å². The fraction of sp³-hybridized carbons (Fsp3) is 0.600. The number of nitrogens with two attached hydrogens (primary N) is 1. The van der Waals surface area contributed by atoms with E-state index in [0.717, 1.165) is 35.3 Å². The lowest BCUT2D eigenvalue weighted by atomic mass is 9.84. The highest BCUT2D eigenvalue weighted by atomic mass is 32.1. The second-order valence-electron chi connectivity index (χ2n) is 5.48. The van der Waals surface area contributed by atoms with Crippen molar-refractivity contribution in [3.05, 3.63) is 16.8 Å². The van der Waals surface area contributed by atoms with Crippen molar-refractivity contribution in [2.24, 2.45) is 0 Å². The number of hydrogen-bond acceptors (Lipinski definition) is 5. The van der Waals surface area contributed by atoms with Crippen LogP contribution < -0.4 is 5.73 Å². The molecule has 1 aliphatic carbocycles. The fourth-order valence-electron chi connectivity index (χ4n) is 3.01. The first-order valence-electron chi connectivity index (χ1n) is 7.30. The number of aromatic nitrogens is 2. The largest absolute Gasteiger partial charge is 0.383 e. The van der Waals surface area contributed by atoms with Gasteiger partial charge in [0.05, 0.1) is 5.39 Å². The number of anilines is 1. The molecule has 2 aromatic heterocycles.